The van der Waals surface area contributed by atoms with Crippen LogP contribution in [0.3, 0.4) is 0 Å². The van der Waals surface area contributed by atoms with Crippen molar-refractivity contribution in [3.8, 4) is 22.6 Å². The zero-order valence-electron chi connectivity index (χ0n) is 27.9. The van der Waals surface area contributed by atoms with Gasteiger partial charge in [0.1, 0.15) is 36.4 Å². The predicted octanol–water partition coefficient (Wildman–Crippen LogP) is 5.08. The lowest BCUT2D eigenvalue weighted by Crippen LogP contribution is -2.43. The fourth-order valence-electron chi connectivity index (χ4n) is 5.25. The first kappa shape index (κ1) is 35.6. The van der Waals surface area contributed by atoms with Crippen LogP contribution in [-0.4, -0.2) is 69.6 Å². The molecule has 3 aromatic rings. The number of hydrogen-bond acceptors (Lipinski definition) is 9. The Labute approximate surface area is 280 Å². The summed E-state index contributed by atoms with van der Waals surface area (Å²) >= 11 is 0. The van der Waals surface area contributed by atoms with Crippen LogP contribution >= 0.6 is 0 Å². The minimum absolute atomic E-state index is 0.0767. The number of benzene rings is 3. The van der Waals surface area contributed by atoms with Gasteiger partial charge >= 0.3 is 18.2 Å². The molecule has 0 unspecified atom stereocenters. The summed E-state index contributed by atoms with van der Waals surface area (Å²) in [5, 5.41) is 7.79. The molecule has 0 spiro atoms. The standard InChI is InChI=1S/C36H43N3O9/c1-36(2,3)48-34(42)38-18-10-15-30(33(41)46-20-23-16-17-24(19-31(23)44-5)45-22-32(40)37-4)39-35(43)47-21-29-27-13-8-6-11-25(27)26-12-7-9-14-28(26)29/h6-9,11-14,16-17,19,29-30H,10,15,18,20-22H2,1-5H3,(H,37,40)(H,38,42)(H,39,43)/t30-/m0/s1. The van der Waals surface area contributed by atoms with E-state index in [0.717, 1.165) is 22.3 Å². The van der Waals surface area contributed by atoms with Gasteiger partial charge in [-0.25, -0.2) is 14.4 Å². The van der Waals surface area contributed by atoms with Gasteiger partial charge < -0.3 is 39.6 Å². The van der Waals surface area contributed by atoms with Crippen LogP contribution < -0.4 is 25.4 Å². The van der Waals surface area contributed by atoms with Crippen LogP contribution in [0.4, 0.5) is 9.59 Å². The molecule has 0 radical (unpaired) electrons. The van der Waals surface area contributed by atoms with Crippen molar-refractivity contribution >= 4 is 24.1 Å². The molecular formula is C36H43N3O9. The predicted molar refractivity (Wildman–Crippen MR) is 178 cm³/mol. The molecule has 3 aromatic carbocycles. The molecule has 4 rings (SSSR count). The number of ether oxygens (including phenoxy) is 5. The summed E-state index contributed by atoms with van der Waals surface area (Å²) < 4.78 is 27.4. The second-order valence-corrected chi connectivity index (χ2v) is 12.1. The second-order valence-electron chi connectivity index (χ2n) is 12.1. The van der Waals surface area contributed by atoms with E-state index in [4.69, 9.17) is 23.7 Å². The smallest absolute Gasteiger partial charge is 0.407 e. The normalized spacial score (nSPS) is 12.5. The zero-order chi connectivity index (χ0) is 34.7. The number of rotatable bonds is 14. The van der Waals surface area contributed by atoms with Crippen molar-refractivity contribution in [2.24, 2.45) is 0 Å². The average molecular weight is 662 g/mol. The molecule has 0 saturated heterocycles. The molecule has 0 aliphatic heterocycles. The SMILES string of the molecule is CNC(=O)COc1ccc(COC(=O)[C@H](CCCNC(=O)OC(C)(C)C)NC(=O)OCC2c3ccccc3-c3ccccc32)c(OC)c1. The minimum atomic E-state index is -1.07. The number of nitrogens with one attached hydrogen (secondary N) is 3. The monoisotopic (exact) mass is 661 g/mol. The first-order valence-electron chi connectivity index (χ1n) is 15.7. The topological polar surface area (TPSA) is 151 Å². The summed E-state index contributed by atoms with van der Waals surface area (Å²) in [6.07, 6.45) is -0.860. The molecule has 256 valence electrons. The van der Waals surface area contributed by atoms with E-state index in [1.54, 1.807) is 39.0 Å². The lowest BCUT2D eigenvalue weighted by molar-refractivity contribution is -0.147. The van der Waals surface area contributed by atoms with Crippen LogP contribution in [0.15, 0.2) is 66.7 Å². The van der Waals surface area contributed by atoms with E-state index in [0.29, 0.717) is 23.5 Å². The van der Waals surface area contributed by atoms with Crippen LogP contribution in [0.2, 0.25) is 0 Å². The minimum Gasteiger partial charge on any atom is -0.496 e. The second kappa shape index (κ2) is 16.5. The van der Waals surface area contributed by atoms with Gasteiger partial charge in [0.05, 0.1) is 7.11 Å². The Morgan fingerprint density at radius 3 is 2.17 bits per heavy atom. The lowest BCUT2D eigenvalue weighted by Gasteiger charge is -2.21. The number of methoxy groups -OCH3 is 1. The molecular weight excluding hydrogens is 618 g/mol. The molecule has 12 heteroatoms. The summed E-state index contributed by atoms with van der Waals surface area (Å²) in [6, 6.07) is 19.8. The first-order valence-corrected chi connectivity index (χ1v) is 15.7. The van der Waals surface area contributed by atoms with Crippen molar-refractivity contribution in [3.63, 3.8) is 0 Å². The maximum Gasteiger partial charge on any atom is 0.407 e. The third-order valence-electron chi connectivity index (χ3n) is 7.54. The summed E-state index contributed by atoms with van der Waals surface area (Å²) in [4.78, 5) is 50.0. The number of alkyl carbamates (subject to hydrolysis) is 2. The molecule has 0 saturated carbocycles. The lowest BCUT2D eigenvalue weighted by atomic mass is 9.98. The summed E-state index contributed by atoms with van der Waals surface area (Å²) in [5.41, 5.74) is 4.22. The van der Waals surface area contributed by atoms with Crippen molar-refractivity contribution < 1.29 is 42.9 Å². The van der Waals surface area contributed by atoms with Gasteiger partial charge in [0.15, 0.2) is 6.61 Å². The highest BCUT2D eigenvalue weighted by atomic mass is 16.6. The summed E-state index contributed by atoms with van der Waals surface area (Å²) in [5.74, 6) is -0.342. The summed E-state index contributed by atoms with van der Waals surface area (Å²) in [7, 11) is 2.97. The van der Waals surface area contributed by atoms with Crippen molar-refractivity contribution in [1.82, 2.24) is 16.0 Å². The maximum absolute atomic E-state index is 13.3. The number of esters is 1. The van der Waals surface area contributed by atoms with Crippen LogP contribution in [-0.2, 0) is 30.4 Å². The molecule has 1 aliphatic carbocycles. The number of fused-ring (bicyclic) bond motifs is 3. The average Bonchev–Trinajstić information content (AvgIpc) is 3.39. The maximum atomic E-state index is 13.3. The van der Waals surface area contributed by atoms with Crippen LogP contribution in [0, 0.1) is 0 Å². The van der Waals surface area contributed by atoms with Gasteiger partial charge in [-0.3, -0.25) is 4.79 Å². The van der Waals surface area contributed by atoms with E-state index in [-0.39, 0.29) is 44.6 Å². The number of likely N-dealkylation sites (N-methyl/N-ethyl adjacent to an activating group) is 1. The molecule has 48 heavy (non-hydrogen) atoms. The first-order chi connectivity index (χ1) is 23.0. The van der Waals surface area contributed by atoms with Gasteiger partial charge in [0.25, 0.3) is 5.91 Å². The van der Waals surface area contributed by atoms with Crippen molar-refractivity contribution in [2.75, 3.05) is 33.9 Å². The Hall–Kier alpha value is -5.26. The van der Waals surface area contributed by atoms with Gasteiger partial charge in [-0.1, -0.05) is 48.5 Å². The molecule has 12 nitrogen and oxygen atoms in total. The largest absolute Gasteiger partial charge is 0.496 e. The molecule has 0 aromatic heterocycles. The number of amides is 3. The van der Waals surface area contributed by atoms with Crippen LogP contribution in [0.25, 0.3) is 11.1 Å². The van der Waals surface area contributed by atoms with Crippen molar-refractivity contribution in [1.29, 1.82) is 0 Å². The quantitative estimate of drug-likeness (QED) is 0.122. The van der Waals surface area contributed by atoms with Gasteiger partial charge in [0, 0.05) is 31.1 Å². The highest BCUT2D eigenvalue weighted by Crippen LogP contribution is 2.44. The number of carbonyl (C=O) groups excluding carboxylic acids is 4. The third kappa shape index (κ3) is 9.87. The van der Waals surface area contributed by atoms with E-state index in [1.807, 2.05) is 48.5 Å². The molecule has 0 heterocycles. The Kier molecular flexibility index (Phi) is 12.3. The fraction of sp³-hybridized carbons (Fsp3) is 0.389. The Morgan fingerprint density at radius 1 is 0.875 bits per heavy atom. The van der Waals surface area contributed by atoms with Crippen LogP contribution in [0.5, 0.6) is 11.5 Å². The fourth-order valence-corrected chi connectivity index (χ4v) is 5.25. The van der Waals surface area contributed by atoms with Gasteiger partial charge in [0.2, 0.25) is 0 Å². The van der Waals surface area contributed by atoms with Gasteiger partial charge in [-0.15, -0.1) is 0 Å². The Bertz CT molecular complexity index is 1560. The number of carbonyl (C=O) groups is 4. The third-order valence-corrected chi connectivity index (χ3v) is 7.54. The van der Waals surface area contributed by atoms with Crippen molar-refractivity contribution in [2.45, 2.75) is 57.8 Å². The zero-order valence-corrected chi connectivity index (χ0v) is 27.9. The molecule has 0 fully saturated rings. The van der Waals surface area contributed by atoms with Gasteiger partial charge in [-0.05, 0) is 68.0 Å². The van der Waals surface area contributed by atoms with E-state index in [9.17, 15) is 19.2 Å². The Balaban J connectivity index is 1.39. The molecule has 1 atom stereocenters. The molecule has 0 bridgehead atoms. The van der Waals surface area contributed by atoms with E-state index in [2.05, 4.69) is 16.0 Å². The highest BCUT2D eigenvalue weighted by molar-refractivity contribution is 5.82. The van der Waals surface area contributed by atoms with E-state index in [1.165, 1.54) is 14.2 Å². The van der Waals surface area contributed by atoms with E-state index >= 15 is 0 Å². The van der Waals surface area contributed by atoms with E-state index < -0.39 is 29.8 Å². The van der Waals surface area contributed by atoms with Crippen LogP contribution in [0.1, 0.15) is 56.2 Å². The molecule has 3 amide bonds. The number of hydrogen-bond donors (Lipinski definition) is 3. The highest BCUT2D eigenvalue weighted by Gasteiger charge is 2.30. The van der Waals surface area contributed by atoms with Crippen molar-refractivity contribution in [3.05, 3.63) is 83.4 Å². The Morgan fingerprint density at radius 2 is 1.54 bits per heavy atom. The molecule has 3 N–H and O–H groups in total. The molecule has 1 aliphatic rings. The van der Waals surface area contributed by atoms with Gasteiger partial charge in [-0.2, -0.15) is 0 Å². The summed E-state index contributed by atoms with van der Waals surface area (Å²) in [6.45, 7) is 5.24.